The lowest BCUT2D eigenvalue weighted by Gasteiger charge is -2.23. The van der Waals surface area contributed by atoms with Crippen molar-refractivity contribution in [1.29, 1.82) is 0 Å². The van der Waals surface area contributed by atoms with Crippen molar-refractivity contribution in [1.82, 2.24) is 4.90 Å². The minimum absolute atomic E-state index is 0.00807. The molecule has 3 aromatic rings. The second-order valence-electron chi connectivity index (χ2n) is 6.52. The SMILES string of the molecule is O=C1c2ccccc2C(=O)N1CCOC(=S)N(C(=O)c1cccs1)c1ccc(Cl)cc1. The molecule has 2 heterocycles. The van der Waals surface area contributed by atoms with Gasteiger partial charge in [0.05, 0.1) is 28.2 Å². The number of anilines is 1. The van der Waals surface area contributed by atoms with Gasteiger partial charge in [-0.2, -0.15) is 0 Å². The van der Waals surface area contributed by atoms with Gasteiger partial charge in [-0.3, -0.25) is 19.3 Å². The van der Waals surface area contributed by atoms with Crippen molar-refractivity contribution < 1.29 is 19.1 Å². The second-order valence-corrected chi connectivity index (χ2v) is 8.25. The summed E-state index contributed by atoms with van der Waals surface area (Å²) < 4.78 is 5.63. The van der Waals surface area contributed by atoms with Gasteiger partial charge in [0, 0.05) is 5.02 Å². The number of hydrogen-bond acceptors (Lipinski definition) is 6. The third-order valence-corrected chi connectivity index (χ3v) is 6.03. The summed E-state index contributed by atoms with van der Waals surface area (Å²) in [5.74, 6) is -1.10. The van der Waals surface area contributed by atoms with Crippen molar-refractivity contribution in [2.45, 2.75) is 0 Å². The molecule has 0 unspecified atom stereocenters. The molecule has 0 saturated carbocycles. The number of hydrogen-bond donors (Lipinski definition) is 0. The zero-order chi connectivity index (χ0) is 22.0. The van der Waals surface area contributed by atoms with E-state index in [0.717, 1.165) is 4.90 Å². The largest absolute Gasteiger partial charge is 0.468 e. The molecule has 0 spiro atoms. The lowest BCUT2D eigenvalue weighted by atomic mass is 10.1. The molecule has 31 heavy (non-hydrogen) atoms. The smallest absolute Gasteiger partial charge is 0.275 e. The molecule has 0 saturated heterocycles. The molecule has 0 atom stereocenters. The average molecular weight is 471 g/mol. The molecule has 9 heteroatoms. The lowest BCUT2D eigenvalue weighted by molar-refractivity contribution is 0.0627. The first kappa shape index (κ1) is 21.2. The van der Waals surface area contributed by atoms with Crippen molar-refractivity contribution in [3.05, 3.63) is 87.1 Å². The van der Waals surface area contributed by atoms with Gasteiger partial charge < -0.3 is 4.74 Å². The predicted molar refractivity (Wildman–Crippen MR) is 123 cm³/mol. The average Bonchev–Trinajstić information content (AvgIpc) is 3.39. The van der Waals surface area contributed by atoms with Gasteiger partial charge in [-0.05, 0) is 60.1 Å². The zero-order valence-corrected chi connectivity index (χ0v) is 18.4. The lowest BCUT2D eigenvalue weighted by Crippen LogP contribution is -2.39. The van der Waals surface area contributed by atoms with E-state index >= 15 is 0 Å². The minimum atomic E-state index is -0.376. The summed E-state index contributed by atoms with van der Waals surface area (Å²) in [7, 11) is 0. The van der Waals surface area contributed by atoms with Crippen LogP contribution in [0.3, 0.4) is 0 Å². The number of amides is 3. The number of carbonyl (C=O) groups excluding carboxylic acids is 3. The number of halogens is 1. The molecule has 3 amide bonds. The summed E-state index contributed by atoms with van der Waals surface area (Å²) in [6, 6.07) is 16.7. The molecule has 0 fully saturated rings. The molecule has 1 aliphatic rings. The fraction of sp³-hybridized carbons (Fsp3) is 0.0909. The molecule has 2 aromatic carbocycles. The topological polar surface area (TPSA) is 66.9 Å². The van der Waals surface area contributed by atoms with Gasteiger partial charge in [0.15, 0.2) is 0 Å². The van der Waals surface area contributed by atoms with E-state index in [1.54, 1.807) is 66.0 Å². The first-order valence-corrected chi connectivity index (χ1v) is 10.9. The van der Waals surface area contributed by atoms with E-state index in [1.807, 2.05) is 0 Å². The normalized spacial score (nSPS) is 12.6. The number of thiocarbonyl (C=S) groups is 1. The van der Waals surface area contributed by atoms with E-state index in [2.05, 4.69) is 0 Å². The first-order valence-electron chi connectivity index (χ1n) is 9.23. The first-order chi connectivity index (χ1) is 15.0. The van der Waals surface area contributed by atoms with Crippen LogP contribution in [0.5, 0.6) is 0 Å². The molecular weight excluding hydrogens is 456 g/mol. The van der Waals surface area contributed by atoms with Crippen LogP contribution in [0.4, 0.5) is 5.69 Å². The number of benzene rings is 2. The molecule has 1 aliphatic heterocycles. The maximum atomic E-state index is 13.0. The highest BCUT2D eigenvalue weighted by Crippen LogP contribution is 2.24. The number of thiophene rings is 1. The van der Waals surface area contributed by atoms with Crippen LogP contribution >= 0.6 is 35.2 Å². The highest BCUT2D eigenvalue weighted by atomic mass is 35.5. The number of imide groups is 1. The van der Waals surface area contributed by atoms with Gasteiger partial charge in [-0.25, -0.2) is 4.90 Å². The number of rotatable bonds is 5. The van der Waals surface area contributed by atoms with Crippen LogP contribution in [-0.2, 0) is 4.74 Å². The molecular formula is C22H15ClN2O4S2. The molecule has 6 nitrogen and oxygen atoms in total. The van der Waals surface area contributed by atoms with E-state index in [-0.39, 0.29) is 36.0 Å². The van der Waals surface area contributed by atoms with Crippen LogP contribution in [0.15, 0.2) is 66.0 Å². The van der Waals surface area contributed by atoms with Crippen molar-refractivity contribution in [3.8, 4) is 0 Å². The summed E-state index contributed by atoms with van der Waals surface area (Å²) in [6.07, 6.45) is 0. The van der Waals surface area contributed by atoms with Crippen molar-refractivity contribution in [3.63, 3.8) is 0 Å². The Kier molecular flexibility index (Phi) is 6.13. The number of fused-ring (bicyclic) bond motifs is 1. The maximum Gasteiger partial charge on any atom is 0.275 e. The molecule has 0 aliphatic carbocycles. The van der Waals surface area contributed by atoms with Crippen molar-refractivity contribution in [2.75, 3.05) is 18.1 Å². The van der Waals surface area contributed by atoms with E-state index in [9.17, 15) is 14.4 Å². The Bertz CT molecular complexity index is 1130. The highest BCUT2D eigenvalue weighted by Gasteiger charge is 2.35. The maximum absolute atomic E-state index is 13.0. The Hall–Kier alpha value is -3.07. The monoisotopic (exact) mass is 470 g/mol. The van der Waals surface area contributed by atoms with Crippen LogP contribution < -0.4 is 4.90 Å². The van der Waals surface area contributed by atoms with Crippen molar-refractivity contribution >= 4 is 63.7 Å². The Balaban J connectivity index is 1.47. The van der Waals surface area contributed by atoms with Crippen LogP contribution in [-0.4, -0.2) is 40.9 Å². The summed E-state index contributed by atoms with van der Waals surface area (Å²) in [5.41, 5.74) is 1.23. The Morgan fingerprint density at radius 2 is 1.65 bits per heavy atom. The van der Waals surface area contributed by atoms with Gasteiger partial charge >= 0.3 is 0 Å². The third-order valence-electron chi connectivity index (χ3n) is 4.62. The summed E-state index contributed by atoms with van der Waals surface area (Å²) in [6.45, 7) is -0.0414. The quantitative estimate of drug-likeness (QED) is 0.401. The van der Waals surface area contributed by atoms with Gasteiger partial charge in [0.2, 0.25) is 0 Å². The van der Waals surface area contributed by atoms with Crippen LogP contribution in [0.25, 0.3) is 0 Å². The Morgan fingerprint density at radius 1 is 1.00 bits per heavy atom. The van der Waals surface area contributed by atoms with E-state index < -0.39 is 0 Å². The highest BCUT2D eigenvalue weighted by molar-refractivity contribution is 7.80. The fourth-order valence-corrected chi connectivity index (χ4v) is 4.19. The Morgan fingerprint density at radius 3 is 2.23 bits per heavy atom. The van der Waals surface area contributed by atoms with Crippen LogP contribution in [0.1, 0.15) is 30.4 Å². The van der Waals surface area contributed by atoms with Crippen LogP contribution in [0, 0.1) is 0 Å². The second kappa shape index (κ2) is 8.97. The predicted octanol–water partition coefficient (Wildman–Crippen LogP) is 4.65. The number of nitrogens with zero attached hydrogens (tertiary/aromatic N) is 2. The summed E-state index contributed by atoms with van der Waals surface area (Å²) >= 11 is 12.6. The van der Waals surface area contributed by atoms with E-state index in [1.165, 1.54) is 16.2 Å². The van der Waals surface area contributed by atoms with Crippen LogP contribution in [0.2, 0.25) is 5.02 Å². The molecule has 0 bridgehead atoms. The summed E-state index contributed by atoms with van der Waals surface area (Å²) in [5, 5.41) is 2.22. The molecule has 4 rings (SSSR count). The van der Waals surface area contributed by atoms with Crippen molar-refractivity contribution in [2.24, 2.45) is 0 Å². The van der Waals surface area contributed by atoms with Gasteiger partial charge in [-0.15, -0.1) is 11.3 Å². The zero-order valence-electron chi connectivity index (χ0n) is 16.0. The molecule has 156 valence electrons. The third kappa shape index (κ3) is 4.23. The standard InChI is InChI=1S/C22H15ClN2O4S2/c23-14-7-9-15(10-8-14)25(21(28)18-6-3-13-31-18)22(30)29-12-11-24-19(26)16-4-1-2-5-17(16)20(24)27/h1-10,13H,11-12H2. The van der Waals surface area contributed by atoms with Gasteiger partial charge in [0.1, 0.15) is 6.61 Å². The Labute approximate surface area is 192 Å². The minimum Gasteiger partial charge on any atom is -0.468 e. The van der Waals surface area contributed by atoms with E-state index in [0.29, 0.717) is 26.7 Å². The summed E-state index contributed by atoms with van der Waals surface area (Å²) in [4.78, 5) is 40.8. The number of ether oxygens (including phenoxy) is 1. The van der Waals surface area contributed by atoms with E-state index in [4.69, 9.17) is 28.6 Å². The molecule has 1 aromatic heterocycles. The fourth-order valence-electron chi connectivity index (χ4n) is 3.14. The van der Waals surface area contributed by atoms with Gasteiger partial charge in [0.25, 0.3) is 22.9 Å². The number of carbonyl (C=O) groups is 3. The molecule has 0 N–H and O–H groups in total. The van der Waals surface area contributed by atoms with Gasteiger partial charge in [-0.1, -0.05) is 29.8 Å². The molecule has 0 radical (unpaired) electrons.